The molecular weight excluding hydrogens is 1460 g/mol. The SMILES string of the molecule is C.C.C.C.Cc1ccc(B(O)O)cc1.Fc1ccc(C2(C(F)(F)c3ccc(-c4ccc(OC(F)(F)F)cc4)cn3)CO2)c(F)c1.Fc1ccc(C2(C(F)(F)c3ccc(Br)cn3)CO2)c(F)c1.OC(Cn1cncn1)(c1ccc(F)cc1F)C(F)(F)c1ccc(-c2ccc(OC(F)(F)F)cc2)cn1. The first-order valence-electron chi connectivity index (χ1n) is 28.0. The number of hydrogen-bond acceptors (Lipinski definition) is 12. The minimum atomic E-state index is -4.87. The molecule has 6 heterocycles. The molecule has 2 fully saturated rings. The van der Waals surface area contributed by atoms with Crippen LogP contribution in [0.25, 0.3) is 22.3 Å². The molecule has 0 aliphatic carbocycles. The second-order valence-corrected chi connectivity index (χ2v) is 22.4. The van der Waals surface area contributed by atoms with Crippen LogP contribution in [0.15, 0.2) is 200 Å². The Morgan fingerprint density at radius 3 is 1.24 bits per heavy atom. The zero-order valence-electron chi connectivity index (χ0n) is 49.5. The first kappa shape index (κ1) is 83.3. The van der Waals surface area contributed by atoms with Gasteiger partial charge in [-0.05, 0) is 124 Å². The number of halogens is 19. The normalized spacial score (nSPS) is 15.9. The van der Waals surface area contributed by atoms with Crippen LogP contribution >= 0.6 is 15.9 Å². The van der Waals surface area contributed by atoms with Gasteiger partial charge in [0, 0.05) is 69.1 Å². The number of nitrogens with zero attached hydrogens (tertiary/aromatic N) is 6. The van der Waals surface area contributed by atoms with E-state index in [0.29, 0.717) is 50.9 Å². The van der Waals surface area contributed by atoms with Crippen molar-refractivity contribution in [1.29, 1.82) is 0 Å². The van der Waals surface area contributed by atoms with E-state index in [4.69, 9.17) is 19.5 Å². The van der Waals surface area contributed by atoms with Crippen LogP contribution in [-0.4, -0.2) is 77.9 Å². The maximum absolute atomic E-state index is 15.7. The molecule has 0 saturated carbocycles. The molecule has 4 aromatic heterocycles. The van der Waals surface area contributed by atoms with Crippen molar-refractivity contribution in [3.63, 3.8) is 0 Å². The van der Waals surface area contributed by atoms with E-state index in [2.05, 4.69) is 50.4 Å². The molecule has 102 heavy (non-hydrogen) atoms. The van der Waals surface area contributed by atoms with Crippen LogP contribution in [0.3, 0.4) is 0 Å². The van der Waals surface area contributed by atoms with Gasteiger partial charge in [0.1, 0.15) is 76.1 Å². The lowest BCUT2D eigenvalue weighted by atomic mass is 9.80. The highest BCUT2D eigenvalue weighted by atomic mass is 79.9. The molecule has 2 saturated heterocycles. The van der Waals surface area contributed by atoms with Crippen molar-refractivity contribution < 1.29 is 113 Å². The van der Waals surface area contributed by atoms with Gasteiger partial charge in [-0.25, -0.2) is 36.0 Å². The molecule has 2 aliphatic rings. The van der Waals surface area contributed by atoms with Gasteiger partial charge in [0.05, 0.1) is 19.8 Å². The number of rotatable bonds is 16. The van der Waals surface area contributed by atoms with Gasteiger partial charge in [-0.15, -0.1) is 26.3 Å². The van der Waals surface area contributed by atoms with E-state index in [1.807, 2.05) is 19.1 Å². The molecule has 2 aliphatic heterocycles. The molecule has 10 aromatic rings. The molecule has 0 radical (unpaired) electrons. The molecule has 0 bridgehead atoms. The van der Waals surface area contributed by atoms with Crippen molar-refractivity contribution in [3.05, 3.63) is 274 Å². The fraction of sp³-hybridized carbons (Fsp3) is 0.232. The molecular formula is C69H60BBrF18N6O7. The van der Waals surface area contributed by atoms with Crippen LogP contribution < -0.4 is 14.9 Å². The second kappa shape index (κ2) is 32.7. The Hall–Kier alpha value is -9.41. The Morgan fingerprint density at radius 2 is 0.892 bits per heavy atom. The van der Waals surface area contributed by atoms with Crippen LogP contribution in [-0.2, 0) is 50.6 Å². The minimum absolute atomic E-state index is 0. The number of epoxide rings is 2. The monoisotopic (exact) mass is 1520 g/mol. The van der Waals surface area contributed by atoms with Crippen molar-refractivity contribution in [3.8, 4) is 33.8 Å². The third-order valence-corrected chi connectivity index (χ3v) is 15.3. The number of hydrogen-bond donors (Lipinski definition) is 3. The number of ether oxygens (including phenoxy) is 4. The van der Waals surface area contributed by atoms with Gasteiger partial charge >= 0.3 is 37.6 Å². The van der Waals surface area contributed by atoms with E-state index in [0.717, 1.165) is 108 Å². The number of aromatic nitrogens is 6. The predicted octanol–water partition coefficient (Wildman–Crippen LogP) is 17.5. The van der Waals surface area contributed by atoms with Gasteiger partial charge in [-0.1, -0.05) is 95.9 Å². The van der Waals surface area contributed by atoms with Gasteiger partial charge in [-0.2, -0.15) is 31.4 Å². The highest BCUT2D eigenvalue weighted by Crippen LogP contribution is 2.58. The standard InChI is InChI=1S/C23H15F7N4O2.C21H12F7NO2.C14H8BrF4NO.C7H9BO2.4CH4/c24-16-4-7-18(19(25)9-16)21(35,11-34-13-31-12-33-34)22(26,27)20-8-3-15(10-32-20)14-1-5-17(6-2-14)36-23(28,29)30;22-14-4-7-16(17(23)9-14)19(11-30-19)20(24,25)18-8-3-13(10-29-18)12-1-5-15(6-2-12)31-21(26,27)28;15-8-1-4-12(20-6-8)14(18,19)13(7-21-13)10-3-2-9(16)5-11(10)17;1-6-2-4-7(5-3-6)8(9)10;;;;/h1-10,12-13,35H,11H2;1-10H,11H2;1-6H,7H2;2-5,9-10H,1H3;4*1H4. The van der Waals surface area contributed by atoms with Crippen LogP contribution in [0.5, 0.6) is 11.5 Å². The summed E-state index contributed by atoms with van der Waals surface area (Å²) in [5, 5.41) is 32.2. The Labute approximate surface area is 580 Å². The van der Waals surface area contributed by atoms with Crippen LogP contribution in [0.4, 0.5) is 79.0 Å². The second-order valence-electron chi connectivity index (χ2n) is 21.4. The van der Waals surface area contributed by atoms with E-state index >= 15 is 17.6 Å². The third-order valence-electron chi connectivity index (χ3n) is 14.8. The number of aliphatic hydroxyl groups is 1. The van der Waals surface area contributed by atoms with Crippen molar-refractivity contribution in [2.45, 2.75) is 90.5 Å². The lowest BCUT2D eigenvalue weighted by molar-refractivity contribution is -0.275. The van der Waals surface area contributed by atoms with E-state index in [-0.39, 0.29) is 47.4 Å². The minimum Gasteiger partial charge on any atom is -0.423 e. The average Bonchev–Trinajstić information content (AvgIpc) is 1.54. The summed E-state index contributed by atoms with van der Waals surface area (Å²) in [6, 6.07) is 29.9. The number of aryl methyl sites for hydroxylation is 1. The molecule has 544 valence electrons. The van der Waals surface area contributed by atoms with Crippen molar-refractivity contribution in [2.75, 3.05) is 13.2 Å². The molecule has 3 atom stereocenters. The topological polar surface area (TPSA) is 174 Å². The zero-order valence-corrected chi connectivity index (χ0v) is 51.1. The largest absolute Gasteiger partial charge is 0.573 e. The lowest BCUT2D eigenvalue weighted by Gasteiger charge is -2.36. The van der Waals surface area contributed by atoms with Gasteiger partial charge in [0.2, 0.25) is 0 Å². The first-order chi connectivity index (χ1) is 46.0. The highest BCUT2D eigenvalue weighted by Gasteiger charge is 2.69. The molecule has 12 rings (SSSR count). The van der Waals surface area contributed by atoms with Crippen LogP contribution in [0, 0.1) is 41.8 Å². The highest BCUT2D eigenvalue weighted by molar-refractivity contribution is 9.10. The summed E-state index contributed by atoms with van der Waals surface area (Å²) in [7, 11) is -1.35. The fourth-order valence-electron chi connectivity index (χ4n) is 9.64. The zero-order chi connectivity index (χ0) is 71.4. The molecule has 0 amide bonds. The van der Waals surface area contributed by atoms with E-state index in [1.54, 1.807) is 12.1 Å². The Kier molecular flexibility index (Phi) is 26.7. The molecule has 3 unspecified atom stereocenters. The summed E-state index contributed by atoms with van der Waals surface area (Å²) in [6.07, 6.45) is -4.30. The fourth-order valence-corrected chi connectivity index (χ4v) is 9.88. The summed E-state index contributed by atoms with van der Waals surface area (Å²) in [6.45, 7) is 0.160. The van der Waals surface area contributed by atoms with Crippen molar-refractivity contribution in [2.24, 2.45) is 0 Å². The van der Waals surface area contributed by atoms with Crippen LogP contribution in [0.2, 0.25) is 0 Å². The van der Waals surface area contributed by atoms with Gasteiger partial charge in [0.15, 0.2) is 16.8 Å². The van der Waals surface area contributed by atoms with Gasteiger partial charge < -0.3 is 34.1 Å². The van der Waals surface area contributed by atoms with E-state index in [1.165, 1.54) is 48.7 Å². The quantitative estimate of drug-likeness (QED) is 0.0475. The van der Waals surface area contributed by atoms with E-state index in [9.17, 15) is 66.6 Å². The van der Waals surface area contributed by atoms with Crippen LogP contribution in [0.1, 0.15) is 69.0 Å². The maximum atomic E-state index is 15.7. The Balaban J connectivity index is 0.000000258. The molecule has 6 aromatic carbocycles. The predicted molar refractivity (Wildman–Crippen MR) is 343 cm³/mol. The lowest BCUT2D eigenvalue weighted by Crippen LogP contribution is -2.48. The number of alkyl halides is 12. The first-order valence-corrected chi connectivity index (χ1v) is 28.8. The smallest absolute Gasteiger partial charge is 0.423 e. The molecule has 0 spiro atoms. The molecule has 33 heteroatoms. The van der Waals surface area contributed by atoms with E-state index < -0.39 is 142 Å². The summed E-state index contributed by atoms with van der Waals surface area (Å²) >= 11 is 3.10. The van der Waals surface area contributed by atoms with Gasteiger partial charge in [0.25, 0.3) is 0 Å². The summed E-state index contributed by atoms with van der Waals surface area (Å²) in [5.41, 5.74) is -8.60. The third kappa shape index (κ3) is 18.8. The Morgan fingerprint density at radius 1 is 0.500 bits per heavy atom. The summed E-state index contributed by atoms with van der Waals surface area (Å²) < 4.78 is 265. The molecule has 3 N–H and O–H groups in total. The average molecular weight is 1520 g/mol. The maximum Gasteiger partial charge on any atom is 0.573 e. The summed E-state index contributed by atoms with van der Waals surface area (Å²) in [4.78, 5) is 14.7. The van der Waals surface area contributed by atoms with Crippen molar-refractivity contribution >= 4 is 28.5 Å². The number of pyridine rings is 3. The van der Waals surface area contributed by atoms with Gasteiger partial charge in [-0.3, -0.25) is 15.0 Å². The molecule has 13 nitrogen and oxygen atoms in total. The number of benzene rings is 6. The summed E-state index contributed by atoms with van der Waals surface area (Å²) in [5.74, 6) is -18.8. The Bertz CT molecular complexity index is 4360. The van der Waals surface area contributed by atoms with Crippen molar-refractivity contribution in [1.82, 2.24) is 29.7 Å².